The van der Waals surface area contributed by atoms with E-state index in [9.17, 15) is 8.42 Å². The quantitative estimate of drug-likeness (QED) is 0.808. The first-order valence-corrected chi connectivity index (χ1v) is 8.22. The van der Waals surface area contributed by atoms with Gasteiger partial charge in [-0.05, 0) is 37.2 Å². The van der Waals surface area contributed by atoms with Gasteiger partial charge in [0.15, 0.2) is 9.84 Å². The molecule has 2 N–H and O–H groups in total. The lowest BCUT2D eigenvalue weighted by Gasteiger charge is -2.15. The fourth-order valence-electron chi connectivity index (χ4n) is 1.99. The molecule has 1 heterocycles. The summed E-state index contributed by atoms with van der Waals surface area (Å²) in [7, 11) is -3.10. The summed E-state index contributed by atoms with van der Waals surface area (Å²) in [5, 5.41) is 6.59. The second-order valence-corrected chi connectivity index (χ2v) is 6.88. The van der Waals surface area contributed by atoms with Crippen molar-refractivity contribution in [1.82, 2.24) is 5.32 Å². The van der Waals surface area contributed by atoms with Crippen molar-refractivity contribution in [3.8, 4) is 0 Å². The van der Waals surface area contributed by atoms with E-state index in [0.29, 0.717) is 4.90 Å². The highest BCUT2D eigenvalue weighted by atomic mass is 32.2. The summed E-state index contributed by atoms with van der Waals surface area (Å²) >= 11 is 0. The largest absolute Gasteiger partial charge is 0.381 e. The van der Waals surface area contributed by atoms with Crippen molar-refractivity contribution in [3.63, 3.8) is 0 Å². The highest BCUT2D eigenvalue weighted by Crippen LogP contribution is 2.16. The van der Waals surface area contributed by atoms with Crippen LogP contribution >= 0.6 is 0 Å². The van der Waals surface area contributed by atoms with Crippen LogP contribution in [0.15, 0.2) is 40.8 Å². The highest BCUT2D eigenvalue weighted by molar-refractivity contribution is 7.91. The molecule has 0 aliphatic carbocycles. The van der Waals surface area contributed by atoms with Crippen molar-refractivity contribution >= 4 is 15.5 Å². The number of nitrogens with one attached hydrogen (secondary N) is 2. The minimum absolute atomic E-state index is 0.139. The van der Waals surface area contributed by atoms with Gasteiger partial charge >= 0.3 is 0 Å². The summed E-state index contributed by atoms with van der Waals surface area (Å²) in [5.41, 5.74) is 2.35. The van der Waals surface area contributed by atoms with Crippen LogP contribution in [-0.2, 0) is 9.84 Å². The fourth-order valence-corrected chi connectivity index (χ4v) is 2.88. The van der Waals surface area contributed by atoms with Crippen LogP contribution in [0.5, 0.6) is 0 Å². The van der Waals surface area contributed by atoms with Crippen LogP contribution in [0.1, 0.15) is 13.3 Å². The first kappa shape index (κ1) is 14.1. The number of rotatable bonds is 5. The van der Waals surface area contributed by atoms with Gasteiger partial charge in [-0.15, -0.1) is 0 Å². The average molecular weight is 280 g/mol. The molecule has 0 aromatic heterocycles. The molecule has 5 heteroatoms. The number of hydrogen-bond donors (Lipinski definition) is 2. The first-order valence-electron chi connectivity index (χ1n) is 6.57. The van der Waals surface area contributed by atoms with Crippen LogP contribution in [0.4, 0.5) is 5.69 Å². The molecule has 4 nitrogen and oxygen atoms in total. The lowest BCUT2D eigenvalue weighted by Crippen LogP contribution is -2.23. The molecule has 0 bridgehead atoms. The lowest BCUT2D eigenvalue weighted by atomic mass is 10.1. The predicted octanol–water partition coefficient (Wildman–Crippen LogP) is 1.81. The zero-order valence-corrected chi connectivity index (χ0v) is 12.0. The Kier molecular flexibility index (Phi) is 4.61. The predicted molar refractivity (Wildman–Crippen MR) is 78.2 cm³/mol. The van der Waals surface area contributed by atoms with E-state index in [1.807, 2.05) is 12.1 Å². The second kappa shape index (κ2) is 6.21. The Morgan fingerprint density at radius 2 is 2.00 bits per heavy atom. The van der Waals surface area contributed by atoms with Gasteiger partial charge in [0.1, 0.15) is 0 Å². The molecule has 1 aromatic rings. The molecule has 0 saturated carbocycles. The third-order valence-corrected chi connectivity index (χ3v) is 5.02. The van der Waals surface area contributed by atoms with Gasteiger partial charge in [0, 0.05) is 18.8 Å². The molecule has 104 valence electrons. The molecular weight excluding hydrogens is 260 g/mol. The Morgan fingerprint density at radius 3 is 2.58 bits per heavy atom. The third kappa shape index (κ3) is 3.81. The second-order valence-electron chi connectivity index (χ2n) is 4.60. The molecule has 0 radical (unpaired) electrons. The van der Waals surface area contributed by atoms with Gasteiger partial charge in [0.05, 0.1) is 10.6 Å². The average Bonchev–Trinajstić information content (AvgIpc) is 2.47. The number of anilines is 1. The van der Waals surface area contributed by atoms with E-state index >= 15 is 0 Å². The molecule has 1 aliphatic rings. The zero-order valence-electron chi connectivity index (χ0n) is 11.1. The van der Waals surface area contributed by atoms with Crippen LogP contribution in [0.2, 0.25) is 0 Å². The maximum atomic E-state index is 11.7. The Hall–Kier alpha value is -1.33. The van der Waals surface area contributed by atoms with E-state index in [1.165, 1.54) is 5.57 Å². The summed E-state index contributed by atoms with van der Waals surface area (Å²) in [4.78, 5) is 0.390. The molecule has 2 rings (SSSR count). The van der Waals surface area contributed by atoms with Gasteiger partial charge in [0.2, 0.25) is 0 Å². The molecule has 0 amide bonds. The van der Waals surface area contributed by atoms with Crippen LogP contribution in [0.25, 0.3) is 0 Å². The van der Waals surface area contributed by atoms with E-state index < -0.39 is 9.84 Å². The Labute approximate surface area is 114 Å². The standard InChI is InChI=1S/C14H20N2O2S/c1-2-19(17,18)14-5-3-13(4-6-14)16-11-12-7-9-15-10-8-12/h3-7,15-16H,2,8-11H2,1H3. The van der Waals surface area contributed by atoms with E-state index in [2.05, 4.69) is 16.7 Å². The van der Waals surface area contributed by atoms with Crippen molar-refractivity contribution in [2.24, 2.45) is 0 Å². The summed E-state index contributed by atoms with van der Waals surface area (Å²) in [5.74, 6) is 0.139. The summed E-state index contributed by atoms with van der Waals surface area (Å²) < 4.78 is 23.4. The number of benzene rings is 1. The Balaban J connectivity index is 1.97. The Morgan fingerprint density at radius 1 is 1.26 bits per heavy atom. The molecule has 0 atom stereocenters. The van der Waals surface area contributed by atoms with Crippen molar-refractivity contribution in [2.75, 3.05) is 30.7 Å². The summed E-state index contributed by atoms with van der Waals surface area (Å²) in [6, 6.07) is 6.98. The summed E-state index contributed by atoms with van der Waals surface area (Å²) in [6.07, 6.45) is 3.27. The minimum Gasteiger partial charge on any atom is -0.381 e. The van der Waals surface area contributed by atoms with Gasteiger partial charge in [-0.2, -0.15) is 0 Å². The maximum absolute atomic E-state index is 11.7. The van der Waals surface area contributed by atoms with Crippen molar-refractivity contribution in [2.45, 2.75) is 18.2 Å². The lowest BCUT2D eigenvalue weighted by molar-refractivity contribution is 0.597. The molecule has 0 unspecified atom stereocenters. The summed E-state index contributed by atoms with van der Waals surface area (Å²) in [6.45, 7) is 4.44. The van der Waals surface area contributed by atoms with Gasteiger partial charge in [-0.1, -0.05) is 18.6 Å². The molecule has 0 spiro atoms. The van der Waals surface area contributed by atoms with Gasteiger partial charge in [-0.25, -0.2) is 8.42 Å². The van der Waals surface area contributed by atoms with Crippen LogP contribution < -0.4 is 10.6 Å². The monoisotopic (exact) mass is 280 g/mol. The van der Waals surface area contributed by atoms with Gasteiger partial charge < -0.3 is 10.6 Å². The van der Waals surface area contributed by atoms with Crippen LogP contribution in [0, 0.1) is 0 Å². The fraction of sp³-hybridized carbons (Fsp3) is 0.429. The third-order valence-electron chi connectivity index (χ3n) is 3.27. The Bertz CT molecular complexity index is 547. The minimum atomic E-state index is -3.10. The smallest absolute Gasteiger partial charge is 0.178 e. The number of sulfone groups is 1. The normalized spacial score (nSPS) is 15.9. The molecule has 0 saturated heterocycles. The maximum Gasteiger partial charge on any atom is 0.178 e. The first-order chi connectivity index (χ1) is 9.12. The van der Waals surface area contributed by atoms with Gasteiger partial charge in [-0.3, -0.25) is 0 Å². The molecule has 1 aliphatic heterocycles. The van der Waals surface area contributed by atoms with Crippen molar-refractivity contribution in [3.05, 3.63) is 35.9 Å². The SMILES string of the molecule is CCS(=O)(=O)c1ccc(NCC2=CCNCC2)cc1. The van der Waals surface area contributed by atoms with Crippen LogP contribution in [-0.4, -0.2) is 33.8 Å². The van der Waals surface area contributed by atoms with E-state index in [-0.39, 0.29) is 5.75 Å². The van der Waals surface area contributed by atoms with Crippen LogP contribution in [0.3, 0.4) is 0 Å². The van der Waals surface area contributed by atoms with E-state index in [0.717, 1.165) is 31.7 Å². The van der Waals surface area contributed by atoms with Gasteiger partial charge in [0.25, 0.3) is 0 Å². The zero-order chi connectivity index (χ0) is 13.7. The molecule has 19 heavy (non-hydrogen) atoms. The van der Waals surface area contributed by atoms with Crippen molar-refractivity contribution in [1.29, 1.82) is 0 Å². The molecule has 1 aromatic carbocycles. The van der Waals surface area contributed by atoms with E-state index in [4.69, 9.17) is 0 Å². The number of hydrogen-bond acceptors (Lipinski definition) is 4. The highest BCUT2D eigenvalue weighted by Gasteiger charge is 2.10. The van der Waals surface area contributed by atoms with E-state index in [1.54, 1.807) is 19.1 Å². The topological polar surface area (TPSA) is 58.2 Å². The van der Waals surface area contributed by atoms with Crippen molar-refractivity contribution < 1.29 is 8.42 Å². The molecular formula is C14H20N2O2S. The molecule has 0 fully saturated rings.